The summed E-state index contributed by atoms with van der Waals surface area (Å²) in [6.07, 6.45) is 1.79. The van der Waals surface area contributed by atoms with Crippen LogP contribution in [0.3, 0.4) is 0 Å². The Kier molecular flexibility index (Phi) is 6.81. The van der Waals surface area contributed by atoms with Crippen LogP contribution in [0.5, 0.6) is 11.5 Å². The number of rotatable bonds is 7. The van der Waals surface area contributed by atoms with Gasteiger partial charge in [0.2, 0.25) is 0 Å². The number of aryl methyl sites for hydroxylation is 2. The molecule has 0 aliphatic carbocycles. The molecule has 5 nitrogen and oxygen atoms in total. The molecule has 4 rings (SSSR count). The number of nitriles is 1. The number of aromatic nitrogens is 2. The van der Waals surface area contributed by atoms with E-state index >= 15 is 0 Å². The van der Waals surface area contributed by atoms with E-state index in [2.05, 4.69) is 51.0 Å². The van der Waals surface area contributed by atoms with Gasteiger partial charge in [0.15, 0.2) is 11.5 Å². The predicted molar refractivity (Wildman–Crippen MR) is 135 cm³/mol. The molecular formula is C27H24BrN3O2. The highest BCUT2D eigenvalue weighted by atomic mass is 79.9. The number of imidazole rings is 1. The summed E-state index contributed by atoms with van der Waals surface area (Å²) < 4.78 is 12.7. The first-order chi connectivity index (χ1) is 16.0. The molecule has 166 valence electrons. The van der Waals surface area contributed by atoms with E-state index in [0.717, 1.165) is 32.2 Å². The van der Waals surface area contributed by atoms with Crippen molar-refractivity contribution < 1.29 is 9.47 Å². The molecule has 0 aliphatic rings. The van der Waals surface area contributed by atoms with Crippen molar-refractivity contribution in [1.29, 1.82) is 5.26 Å². The summed E-state index contributed by atoms with van der Waals surface area (Å²) >= 11 is 3.62. The quantitative estimate of drug-likeness (QED) is 0.277. The van der Waals surface area contributed by atoms with Crippen molar-refractivity contribution in [2.24, 2.45) is 0 Å². The monoisotopic (exact) mass is 501 g/mol. The highest BCUT2D eigenvalue weighted by Gasteiger charge is 2.13. The van der Waals surface area contributed by atoms with Gasteiger partial charge in [0.25, 0.3) is 0 Å². The van der Waals surface area contributed by atoms with Crippen LogP contribution in [0.15, 0.2) is 59.1 Å². The van der Waals surface area contributed by atoms with E-state index in [1.165, 1.54) is 5.56 Å². The lowest BCUT2D eigenvalue weighted by atomic mass is 10.1. The Labute approximate surface area is 201 Å². The van der Waals surface area contributed by atoms with Gasteiger partial charge in [0.05, 0.1) is 23.2 Å². The Morgan fingerprint density at radius 2 is 1.85 bits per heavy atom. The van der Waals surface area contributed by atoms with E-state index in [1.807, 2.05) is 56.3 Å². The highest BCUT2D eigenvalue weighted by molar-refractivity contribution is 9.10. The number of hydrogen-bond donors (Lipinski definition) is 1. The molecule has 33 heavy (non-hydrogen) atoms. The first-order valence-electron chi connectivity index (χ1n) is 10.7. The number of hydrogen-bond acceptors (Lipinski definition) is 4. The van der Waals surface area contributed by atoms with Gasteiger partial charge in [0.1, 0.15) is 18.5 Å². The van der Waals surface area contributed by atoms with Crippen molar-refractivity contribution in [2.75, 3.05) is 6.61 Å². The van der Waals surface area contributed by atoms with Gasteiger partial charge in [0, 0.05) is 4.47 Å². The number of ether oxygens (including phenoxy) is 2. The molecule has 0 unspecified atom stereocenters. The number of H-pyrrole nitrogens is 1. The minimum Gasteiger partial charge on any atom is -0.490 e. The molecule has 0 fully saturated rings. The molecule has 1 aromatic heterocycles. The second-order valence-electron chi connectivity index (χ2n) is 7.81. The maximum atomic E-state index is 9.82. The van der Waals surface area contributed by atoms with Crippen LogP contribution in [0.2, 0.25) is 0 Å². The third-order valence-electron chi connectivity index (χ3n) is 5.15. The van der Waals surface area contributed by atoms with Crippen LogP contribution < -0.4 is 9.47 Å². The largest absolute Gasteiger partial charge is 0.490 e. The lowest BCUT2D eigenvalue weighted by Gasteiger charge is -2.14. The van der Waals surface area contributed by atoms with Gasteiger partial charge in [-0.2, -0.15) is 5.26 Å². The third-order valence-corrected chi connectivity index (χ3v) is 5.84. The summed E-state index contributed by atoms with van der Waals surface area (Å²) in [4.78, 5) is 7.83. The Morgan fingerprint density at radius 3 is 2.61 bits per heavy atom. The summed E-state index contributed by atoms with van der Waals surface area (Å²) in [7, 11) is 0. The van der Waals surface area contributed by atoms with Crippen molar-refractivity contribution in [3.63, 3.8) is 0 Å². The maximum Gasteiger partial charge on any atom is 0.162 e. The average molecular weight is 502 g/mol. The lowest BCUT2D eigenvalue weighted by molar-refractivity contribution is 0.269. The second kappa shape index (κ2) is 9.93. The van der Waals surface area contributed by atoms with Gasteiger partial charge in [-0.15, -0.1) is 0 Å². The molecular weight excluding hydrogens is 478 g/mol. The van der Waals surface area contributed by atoms with Gasteiger partial charge in [-0.05, 0) is 67.8 Å². The number of fused-ring (bicyclic) bond motifs is 1. The van der Waals surface area contributed by atoms with Gasteiger partial charge in [-0.25, -0.2) is 4.98 Å². The van der Waals surface area contributed by atoms with Crippen LogP contribution in [-0.4, -0.2) is 16.6 Å². The molecule has 0 atom stereocenters. The molecule has 0 saturated heterocycles. The molecule has 1 N–H and O–H groups in total. The van der Waals surface area contributed by atoms with Crippen molar-refractivity contribution in [1.82, 2.24) is 9.97 Å². The lowest BCUT2D eigenvalue weighted by Crippen LogP contribution is -2.01. The van der Waals surface area contributed by atoms with E-state index in [0.29, 0.717) is 36.1 Å². The maximum absolute atomic E-state index is 9.82. The Bertz CT molecular complexity index is 1380. The number of benzene rings is 3. The number of allylic oxidation sites excluding steroid dienone is 1. The van der Waals surface area contributed by atoms with Crippen molar-refractivity contribution >= 4 is 38.6 Å². The normalized spacial score (nSPS) is 11.4. The fourth-order valence-corrected chi connectivity index (χ4v) is 4.00. The van der Waals surface area contributed by atoms with Crippen molar-refractivity contribution in [2.45, 2.75) is 27.4 Å². The summed E-state index contributed by atoms with van der Waals surface area (Å²) in [6, 6.07) is 20.2. The summed E-state index contributed by atoms with van der Waals surface area (Å²) in [6.45, 7) is 6.95. The molecule has 6 heteroatoms. The Hall–Kier alpha value is -3.56. The van der Waals surface area contributed by atoms with Crippen molar-refractivity contribution in [3.8, 4) is 17.6 Å². The van der Waals surface area contributed by atoms with Gasteiger partial charge < -0.3 is 14.5 Å². The number of halogens is 1. The smallest absolute Gasteiger partial charge is 0.162 e. The first kappa shape index (κ1) is 22.6. The van der Waals surface area contributed by atoms with E-state index in [9.17, 15) is 5.26 Å². The van der Waals surface area contributed by atoms with Gasteiger partial charge >= 0.3 is 0 Å². The predicted octanol–water partition coefficient (Wildman–Crippen LogP) is 6.98. The first-order valence-corrected chi connectivity index (χ1v) is 11.5. The molecule has 0 spiro atoms. The van der Waals surface area contributed by atoms with Gasteiger partial charge in [-0.3, -0.25) is 0 Å². The molecule has 0 amide bonds. The number of nitrogens with one attached hydrogen (secondary N) is 1. The Morgan fingerprint density at radius 1 is 1.06 bits per heavy atom. The second-order valence-corrected chi connectivity index (χ2v) is 8.66. The van der Waals surface area contributed by atoms with Crippen LogP contribution in [-0.2, 0) is 6.61 Å². The molecule has 3 aromatic carbocycles. The number of nitrogens with zero attached hydrogens (tertiary/aromatic N) is 2. The number of aromatic amines is 1. The van der Waals surface area contributed by atoms with Crippen molar-refractivity contribution in [3.05, 3.63) is 87.1 Å². The molecule has 0 aliphatic heterocycles. The van der Waals surface area contributed by atoms with Crippen LogP contribution in [0.4, 0.5) is 0 Å². The summed E-state index contributed by atoms with van der Waals surface area (Å²) in [5.41, 5.74) is 6.36. The summed E-state index contributed by atoms with van der Waals surface area (Å²) in [5, 5.41) is 9.82. The molecule has 0 radical (unpaired) electrons. The van der Waals surface area contributed by atoms with Crippen LogP contribution in [0.1, 0.15) is 35.0 Å². The van der Waals surface area contributed by atoms with Gasteiger partial charge in [-0.1, -0.05) is 51.8 Å². The van der Waals surface area contributed by atoms with Crippen LogP contribution >= 0.6 is 15.9 Å². The minimum absolute atomic E-state index is 0.431. The zero-order valence-corrected chi connectivity index (χ0v) is 20.4. The SMILES string of the molecule is CCOc1cc(/C=C(/C#N)c2nc3ccc(C)cc3[nH]2)c(Br)cc1OCc1cccc(C)c1. The zero-order valence-electron chi connectivity index (χ0n) is 18.8. The molecule has 1 heterocycles. The molecule has 0 saturated carbocycles. The van der Waals surface area contributed by atoms with E-state index in [4.69, 9.17) is 9.47 Å². The van der Waals surface area contributed by atoms with Crippen LogP contribution in [0, 0.1) is 25.2 Å². The van der Waals surface area contributed by atoms with E-state index in [-0.39, 0.29) is 0 Å². The Balaban J connectivity index is 1.66. The molecule has 0 bridgehead atoms. The fraction of sp³-hybridized carbons (Fsp3) is 0.185. The average Bonchev–Trinajstić information content (AvgIpc) is 3.21. The fourth-order valence-electron chi connectivity index (χ4n) is 3.57. The summed E-state index contributed by atoms with van der Waals surface area (Å²) in [5.74, 6) is 1.79. The van der Waals surface area contributed by atoms with Crippen LogP contribution in [0.25, 0.3) is 22.7 Å². The zero-order chi connectivity index (χ0) is 23.4. The van der Waals surface area contributed by atoms with E-state index in [1.54, 1.807) is 6.08 Å². The van der Waals surface area contributed by atoms with E-state index < -0.39 is 0 Å². The standard InChI is InChI=1S/C27H24BrN3O2/c1-4-32-25-13-20(22(28)14-26(25)33-16-19-7-5-6-17(2)10-19)12-21(15-29)27-30-23-9-8-18(3)11-24(23)31-27/h5-14H,4,16H2,1-3H3,(H,30,31)/b21-12-. The molecule has 4 aromatic rings. The minimum atomic E-state index is 0.431. The third kappa shape index (κ3) is 5.27. The topological polar surface area (TPSA) is 70.9 Å². The highest BCUT2D eigenvalue weighted by Crippen LogP contribution is 2.36.